The van der Waals surface area contributed by atoms with E-state index in [1.54, 1.807) is 7.11 Å². The van der Waals surface area contributed by atoms with Crippen LogP contribution >= 0.6 is 0 Å². The molecule has 0 aliphatic heterocycles. The first kappa shape index (κ1) is 9.02. The second-order valence-electron chi connectivity index (χ2n) is 3.00. The monoisotopic (exact) mass is 192 g/mol. The summed E-state index contributed by atoms with van der Waals surface area (Å²) in [5.41, 5.74) is 8.07. The number of ether oxygens (including phenoxy) is 1. The van der Waals surface area contributed by atoms with Crippen molar-refractivity contribution in [1.29, 1.82) is 0 Å². The van der Waals surface area contributed by atoms with Gasteiger partial charge in [-0.15, -0.1) is 0 Å². The Balaban J connectivity index is 2.60. The van der Waals surface area contributed by atoms with Gasteiger partial charge in [-0.1, -0.05) is 6.07 Å². The van der Waals surface area contributed by atoms with Crippen LogP contribution in [0.25, 0.3) is 11.1 Å². The lowest BCUT2D eigenvalue weighted by molar-refractivity contribution is 0.414. The molecule has 4 nitrogen and oxygen atoms in total. The second kappa shape index (κ2) is 3.67. The average Bonchev–Trinajstić information content (AvgIpc) is 2.66. The molecule has 0 radical (unpaired) electrons. The van der Waals surface area contributed by atoms with Crippen molar-refractivity contribution in [2.24, 2.45) is 5.73 Å². The number of benzene rings is 1. The molecule has 2 rings (SSSR count). The zero-order valence-corrected chi connectivity index (χ0v) is 7.99. The Morgan fingerprint density at radius 3 is 3.07 bits per heavy atom. The number of methoxy groups -OCH3 is 1. The lowest BCUT2D eigenvalue weighted by Crippen LogP contribution is -2.04. The van der Waals surface area contributed by atoms with E-state index >= 15 is 0 Å². The van der Waals surface area contributed by atoms with Crippen LogP contribution in [0.4, 0.5) is 0 Å². The van der Waals surface area contributed by atoms with E-state index < -0.39 is 0 Å². The summed E-state index contributed by atoms with van der Waals surface area (Å²) in [6, 6.07) is 3.84. The first-order valence-electron chi connectivity index (χ1n) is 4.46. The number of oxazole rings is 1. The Morgan fingerprint density at radius 1 is 1.50 bits per heavy atom. The van der Waals surface area contributed by atoms with E-state index in [2.05, 4.69) is 4.98 Å². The SMILES string of the molecule is COc1c(CCN)ccc2ocnc12. The van der Waals surface area contributed by atoms with Gasteiger partial charge >= 0.3 is 0 Å². The quantitative estimate of drug-likeness (QED) is 0.797. The minimum Gasteiger partial charge on any atom is -0.494 e. The van der Waals surface area contributed by atoms with Crippen LogP contribution in [-0.4, -0.2) is 18.6 Å². The maximum absolute atomic E-state index is 5.50. The molecule has 0 atom stereocenters. The minimum atomic E-state index is 0.597. The first-order valence-corrected chi connectivity index (χ1v) is 4.46. The van der Waals surface area contributed by atoms with Crippen molar-refractivity contribution < 1.29 is 9.15 Å². The summed E-state index contributed by atoms with van der Waals surface area (Å²) in [5.74, 6) is 0.765. The molecule has 0 unspecified atom stereocenters. The zero-order chi connectivity index (χ0) is 9.97. The molecule has 2 N–H and O–H groups in total. The zero-order valence-electron chi connectivity index (χ0n) is 7.99. The third kappa shape index (κ3) is 1.33. The van der Waals surface area contributed by atoms with Crippen LogP contribution in [0.15, 0.2) is 22.9 Å². The molecule has 0 aliphatic rings. The van der Waals surface area contributed by atoms with Gasteiger partial charge in [0.05, 0.1) is 7.11 Å². The third-order valence-electron chi connectivity index (χ3n) is 2.16. The van der Waals surface area contributed by atoms with Gasteiger partial charge in [0, 0.05) is 0 Å². The van der Waals surface area contributed by atoms with E-state index in [1.165, 1.54) is 6.39 Å². The Labute approximate surface area is 81.7 Å². The fourth-order valence-electron chi connectivity index (χ4n) is 1.53. The van der Waals surface area contributed by atoms with Gasteiger partial charge in [-0.2, -0.15) is 0 Å². The Morgan fingerprint density at radius 2 is 2.36 bits per heavy atom. The second-order valence-corrected chi connectivity index (χ2v) is 3.00. The Kier molecular flexibility index (Phi) is 2.37. The van der Waals surface area contributed by atoms with Gasteiger partial charge in [0.1, 0.15) is 0 Å². The van der Waals surface area contributed by atoms with Crippen LogP contribution < -0.4 is 10.5 Å². The standard InChI is InChI=1S/C10H12N2O2/c1-13-10-7(4-5-11)2-3-8-9(10)12-6-14-8/h2-3,6H,4-5,11H2,1H3. The summed E-state index contributed by atoms with van der Waals surface area (Å²) in [6.07, 6.45) is 2.20. The fourth-order valence-corrected chi connectivity index (χ4v) is 1.53. The largest absolute Gasteiger partial charge is 0.494 e. The molecule has 1 aromatic heterocycles. The molecular weight excluding hydrogens is 180 g/mol. The van der Waals surface area contributed by atoms with E-state index in [0.29, 0.717) is 6.54 Å². The van der Waals surface area contributed by atoms with E-state index in [9.17, 15) is 0 Å². The van der Waals surface area contributed by atoms with Crippen molar-refractivity contribution >= 4 is 11.1 Å². The summed E-state index contributed by atoms with van der Waals surface area (Å²) < 4.78 is 10.5. The molecule has 2 aromatic rings. The van der Waals surface area contributed by atoms with Gasteiger partial charge in [-0.3, -0.25) is 0 Å². The summed E-state index contributed by atoms with van der Waals surface area (Å²) in [5, 5.41) is 0. The van der Waals surface area contributed by atoms with E-state index in [1.807, 2.05) is 12.1 Å². The molecule has 0 spiro atoms. The maximum Gasteiger partial charge on any atom is 0.182 e. The molecule has 0 amide bonds. The highest BCUT2D eigenvalue weighted by molar-refractivity contribution is 5.81. The molecule has 14 heavy (non-hydrogen) atoms. The molecule has 0 bridgehead atoms. The number of aromatic nitrogens is 1. The predicted molar refractivity (Wildman–Crippen MR) is 53.3 cm³/mol. The highest BCUT2D eigenvalue weighted by atomic mass is 16.5. The van der Waals surface area contributed by atoms with Crippen molar-refractivity contribution in [2.45, 2.75) is 6.42 Å². The number of nitrogens with two attached hydrogens (primary N) is 1. The normalized spacial score (nSPS) is 10.7. The van der Waals surface area contributed by atoms with Crippen molar-refractivity contribution in [3.8, 4) is 5.75 Å². The van der Waals surface area contributed by atoms with Crippen molar-refractivity contribution in [3.63, 3.8) is 0 Å². The van der Waals surface area contributed by atoms with Crippen LogP contribution in [0, 0.1) is 0 Å². The molecule has 0 aliphatic carbocycles. The Bertz CT molecular complexity index is 437. The number of fused-ring (bicyclic) bond motifs is 1. The number of hydrogen-bond acceptors (Lipinski definition) is 4. The van der Waals surface area contributed by atoms with Crippen molar-refractivity contribution in [3.05, 3.63) is 24.1 Å². The molecule has 4 heteroatoms. The van der Waals surface area contributed by atoms with Crippen molar-refractivity contribution in [2.75, 3.05) is 13.7 Å². The summed E-state index contributed by atoms with van der Waals surface area (Å²) in [4.78, 5) is 4.10. The molecule has 1 heterocycles. The lowest BCUT2D eigenvalue weighted by Gasteiger charge is -2.06. The average molecular weight is 192 g/mol. The minimum absolute atomic E-state index is 0.597. The highest BCUT2D eigenvalue weighted by Gasteiger charge is 2.10. The van der Waals surface area contributed by atoms with Gasteiger partial charge in [0.25, 0.3) is 0 Å². The molecule has 74 valence electrons. The fraction of sp³-hybridized carbons (Fsp3) is 0.300. The summed E-state index contributed by atoms with van der Waals surface area (Å²) in [7, 11) is 1.63. The van der Waals surface area contributed by atoms with Crippen LogP contribution in [0.3, 0.4) is 0 Å². The topological polar surface area (TPSA) is 61.3 Å². The molecule has 0 fully saturated rings. The van der Waals surface area contributed by atoms with Crippen LogP contribution in [0.5, 0.6) is 5.75 Å². The third-order valence-corrected chi connectivity index (χ3v) is 2.16. The lowest BCUT2D eigenvalue weighted by atomic mass is 10.1. The molecular formula is C10H12N2O2. The Hall–Kier alpha value is -1.55. The summed E-state index contributed by atoms with van der Waals surface area (Å²) >= 11 is 0. The van der Waals surface area contributed by atoms with Gasteiger partial charge < -0.3 is 14.9 Å². The molecule has 0 saturated heterocycles. The number of hydrogen-bond donors (Lipinski definition) is 1. The van der Waals surface area contributed by atoms with Gasteiger partial charge in [-0.05, 0) is 24.6 Å². The highest BCUT2D eigenvalue weighted by Crippen LogP contribution is 2.28. The molecule has 0 saturated carbocycles. The van der Waals surface area contributed by atoms with Gasteiger partial charge in [0.2, 0.25) is 0 Å². The first-order chi connectivity index (χ1) is 6.86. The summed E-state index contributed by atoms with van der Waals surface area (Å²) in [6.45, 7) is 0.597. The van der Waals surface area contributed by atoms with Crippen LogP contribution in [-0.2, 0) is 6.42 Å². The number of rotatable bonds is 3. The van der Waals surface area contributed by atoms with Crippen molar-refractivity contribution in [1.82, 2.24) is 4.98 Å². The van der Waals surface area contributed by atoms with Crippen LogP contribution in [0.1, 0.15) is 5.56 Å². The van der Waals surface area contributed by atoms with Gasteiger partial charge in [-0.25, -0.2) is 4.98 Å². The van der Waals surface area contributed by atoms with E-state index in [-0.39, 0.29) is 0 Å². The van der Waals surface area contributed by atoms with E-state index in [0.717, 1.165) is 28.8 Å². The van der Waals surface area contributed by atoms with Gasteiger partial charge in [0.15, 0.2) is 23.2 Å². The van der Waals surface area contributed by atoms with Crippen LogP contribution in [0.2, 0.25) is 0 Å². The maximum atomic E-state index is 5.50. The van der Waals surface area contributed by atoms with E-state index in [4.69, 9.17) is 14.9 Å². The predicted octanol–water partition coefficient (Wildman–Crippen LogP) is 1.34. The number of nitrogens with zero attached hydrogens (tertiary/aromatic N) is 1. The molecule has 1 aromatic carbocycles. The smallest absolute Gasteiger partial charge is 0.182 e.